The Labute approximate surface area is 121 Å². The van der Waals surface area contributed by atoms with Gasteiger partial charge < -0.3 is 14.5 Å². The molecule has 0 fully saturated rings. The van der Waals surface area contributed by atoms with E-state index in [0.717, 1.165) is 25.1 Å². The highest BCUT2D eigenvalue weighted by molar-refractivity contribution is 5.40. The second kappa shape index (κ2) is 7.15. The van der Waals surface area contributed by atoms with Crippen LogP contribution in [0.25, 0.3) is 0 Å². The summed E-state index contributed by atoms with van der Waals surface area (Å²) < 4.78 is 10.7. The first kappa shape index (κ1) is 14.7. The summed E-state index contributed by atoms with van der Waals surface area (Å²) in [6.07, 6.45) is 5.53. The number of hydrogen-bond donors (Lipinski definition) is 1. The smallest absolute Gasteiger partial charge is 0.123 e. The molecule has 20 heavy (non-hydrogen) atoms. The number of nitrogens with one attached hydrogen (secondary N) is 1. The van der Waals surface area contributed by atoms with Crippen molar-refractivity contribution in [1.82, 2.24) is 5.32 Å². The van der Waals surface area contributed by atoms with Gasteiger partial charge in [0.05, 0.1) is 19.6 Å². The van der Waals surface area contributed by atoms with Crippen molar-refractivity contribution >= 4 is 0 Å². The Morgan fingerprint density at radius 1 is 1.30 bits per heavy atom. The van der Waals surface area contributed by atoms with Gasteiger partial charge in [0.2, 0.25) is 0 Å². The van der Waals surface area contributed by atoms with E-state index in [9.17, 15) is 0 Å². The third-order valence-corrected chi connectivity index (χ3v) is 3.43. The van der Waals surface area contributed by atoms with Gasteiger partial charge in [0, 0.05) is 11.6 Å². The summed E-state index contributed by atoms with van der Waals surface area (Å²) in [7, 11) is 1.73. The van der Waals surface area contributed by atoms with Crippen LogP contribution in [0.2, 0.25) is 0 Å². The minimum Gasteiger partial charge on any atom is -0.496 e. The van der Waals surface area contributed by atoms with Crippen LogP contribution in [-0.2, 0) is 6.42 Å². The van der Waals surface area contributed by atoms with E-state index in [1.807, 2.05) is 6.07 Å². The highest BCUT2D eigenvalue weighted by atomic mass is 16.5. The lowest BCUT2D eigenvalue weighted by Crippen LogP contribution is -2.24. The Bertz CT molecular complexity index is 520. The van der Waals surface area contributed by atoms with Crippen LogP contribution in [0.3, 0.4) is 0 Å². The number of hydrogen-bond acceptors (Lipinski definition) is 3. The molecule has 1 heterocycles. The summed E-state index contributed by atoms with van der Waals surface area (Å²) in [4.78, 5) is 0. The molecule has 0 aliphatic carbocycles. The number of benzene rings is 1. The van der Waals surface area contributed by atoms with Gasteiger partial charge >= 0.3 is 0 Å². The molecule has 0 bridgehead atoms. The van der Waals surface area contributed by atoms with Gasteiger partial charge in [-0.2, -0.15) is 0 Å². The summed E-state index contributed by atoms with van der Waals surface area (Å²) in [5.74, 6) is 0.946. The molecule has 2 aromatic rings. The molecule has 1 unspecified atom stereocenters. The van der Waals surface area contributed by atoms with Gasteiger partial charge in [0.1, 0.15) is 5.75 Å². The molecule has 0 amide bonds. The standard InChI is InChI=1S/C17H23NO2/c1-4-8-18-16(11-14-7-9-20-12-14)15-6-5-13(2)10-17(15)19-3/h5-7,9-10,12,16,18H,4,8,11H2,1-3H3. The van der Waals surface area contributed by atoms with E-state index in [-0.39, 0.29) is 6.04 Å². The van der Waals surface area contributed by atoms with E-state index in [1.54, 1.807) is 19.6 Å². The van der Waals surface area contributed by atoms with Crippen LogP contribution in [0.4, 0.5) is 0 Å². The van der Waals surface area contributed by atoms with Crippen molar-refractivity contribution < 1.29 is 9.15 Å². The molecule has 0 aliphatic heterocycles. The molecule has 1 N–H and O–H groups in total. The minimum atomic E-state index is 0.239. The van der Waals surface area contributed by atoms with Crippen LogP contribution in [0.15, 0.2) is 41.2 Å². The summed E-state index contributed by atoms with van der Waals surface area (Å²) >= 11 is 0. The largest absolute Gasteiger partial charge is 0.496 e. The highest BCUT2D eigenvalue weighted by Crippen LogP contribution is 2.28. The van der Waals surface area contributed by atoms with Crippen molar-refractivity contribution in [2.45, 2.75) is 32.7 Å². The third kappa shape index (κ3) is 3.64. The Morgan fingerprint density at radius 2 is 2.15 bits per heavy atom. The first-order valence-electron chi connectivity index (χ1n) is 7.13. The Morgan fingerprint density at radius 3 is 2.80 bits per heavy atom. The van der Waals surface area contributed by atoms with Crippen LogP contribution >= 0.6 is 0 Å². The molecule has 3 heteroatoms. The van der Waals surface area contributed by atoms with Crippen molar-refractivity contribution in [3.63, 3.8) is 0 Å². The summed E-state index contributed by atoms with van der Waals surface area (Å²) in [6.45, 7) is 5.24. The zero-order valence-corrected chi connectivity index (χ0v) is 12.5. The van der Waals surface area contributed by atoms with Crippen molar-refractivity contribution in [3.8, 4) is 5.75 Å². The molecule has 0 aliphatic rings. The van der Waals surface area contributed by atoms with E-state index in [2.05, 4.69) is 37.4 Å². The van der Waals surface area contributed by atoms with Gasteiger partial charge in [0.15, 0.2) is 0 Å². The molecule has 0 saturated carbocycles. The molecular formula is C17H23NO2. The maximum absolute atomic E-state index is 5.54. The second-order valence-corrected chi connectivity index (χ2v) is 5.09. The van der Waals surface area contributed by atoms with E-state index < -0.39 is 0 Å². The van der Waals surface area contributed by atoms with Gasteiger partial charge in [0.25, 0.3) is 0 Å². The fourth-order valence-corrected chi connectivity index (χ4v) is 2.36. The molecule has 1 atom stereocenters. The fraction of sp³-hybridized carbons (Fsp3) is 0.412. The maximum Gasteiger partial charge on any atom is 0.123 e. The zero-order valence-electron chi connectivity index (χ0n) is 12.5. The quantitative estimate of drug-likeness (QED) is 0.831. The molecule has 1 aromatic heterocycles. The summed E-state index contributed by atoms with van der Waals surface area (Å²) in [5, 5.41) is 3.60. The lowest BCUT2D eigenvalue weighted by molar-refractivity contribution is 0.397. The molecule has 0 radical (unpaired) electrons. The number of furan rings is 1. The normalized spacial score (nSPS) is 12.3. The average molecular weight is 273 g/mol. The topological polar surface area (TPSA) is 34.4 Å². The van der Waals surface area contributed by atoms with Crippen molar-refractivity contribution in [2.24, 2.45) is 0 Å². The molecule has 0 saturated heterocycles. The van der Waals surface area contributed by atoms with Gasteiger partial charge in [-0.25, -0.2) is 0 Å². The van der Waals surface area contributed by atoms with Crippen LogP contribution in [-0.4, -0.2) is 13.7 Å². The molecule has 1 aromatic carbocycles. The van der Waals surface area contributed by atoms with Crippen molar-refractivity contribution in [2.75, 3.05) is 13.7 Å². The molecule has 108 valence electrons. The lowest BCUT2D eigenvalue weighted by Gasteiger charge is -2.21. The number of rotatable bonds is 7. The first-order chi connectivity index (χ1) is 9.74. The maximum atomic E-state index is 5.54. The molecule has 0 spiro atoms. The molecular weight excluding hydrogens is 250 g/mol. The van der Waals surface area contributed by atoms with E-state index >= 15 is 0 Å². The summed E-state index contributed by atoms with van der Waals surface area (Å²) in [5.41, 5.74) is 3.61. The molecule has 2 rings (SSSR count). The van der Waals surface area contributed by atoms with Crippen LogP contribution in [0.5, 0.6) is 5.75 Å². The Balaban J connectivity index is 2.25. The third-order valence-electron chi connectivity index (χ3n) is 3.43. The van der Waals surface area contributed by atoms with E-state index in [0.29, 0.717) is 0 Å². The van der Waals surface area contributed by atoms with Crippen molar-refractivity contribution in [3.05, 3.63) is 53.5 Å². The van der Waals surface area contributed by atoms with Crippen LogP contribution < -0.4 is 10.1 Å². The number of methoxy groups -OCH3 is 1. The predicted molar refractivity (Wildman–Crippen MR) is 81.2 cm³/mol. The van der Waals surface area contributed by atoms with Gasteiger partial charge in [-0.15, -0.1) is 0 Å². The number of aryl methyl sites for hydroxylation is 1. The van der Waals surface area contributed by atoms with E-state index in [4.69, 9.17) is 9.15 Å². The first-order valence-corrected chi connectivity index (χ1v) is 7.13. The van der Waals surface area contributed by atoms with Crippen LogP contribution in [0.1, 0.15) is 36.1 Å². The Kier molecular flexibility index (Phi) is 5.24. The lowest BCUT2D eigenvalue weighted by atomic mass is 9.98. The van der Waals surface area contributed by atoms with Crippen molar-refractivity contribution in [1.29, 1.82) is 0 Å². The van der Waals surface area contributed by atoms with Crippen LogP contribution in [0, 0.1) is 6.92 Å². The minimum absolute atomic E-state index is 0.239. The second-order valence-electron chi connectivity index (χ2n) is 5.09. The zero-order chi connectivity index (χ0) is 14.4. The van der Waals surface area contributed by atoms with E-state index in [1.165, 1.54) is 16.7 Å². The Hall–Kier alpha value is -1.74. The van der Waals surface area contributed by atoms with Gasteiger partial charge in [-0.05, 0) is 49.6 Å². The van der Waals surface area contributed by atoms with Gasteiger partial charge in [-0.1, -0.05) is 19.1 Å². The number of ether oxygens (including phenoxy) is 1. The molecule has 3 nitrogen and oxygen atoms in total. The highest BCUT2D eigenvalue weighted by Gasteiger charge is 2.16. The fourth-order valence-electron chi connectivity index (χ4n) is 2.36. The average Bonchev–Trinajstić information content (AvgIpc) is 2.96. The summed E-state index contributed by atoms with van der Waals surface area (Å²) in [6, 6.07) is 8.63. The SMILES string of the molecule is CCCNC(Cc1ccoc1)c1ccc(C)cc1OC. The monoisotopic (exact) mass is 273 g/mol. The van der Waals surface area contributed by atoms with Gasteiger partial charge in [-0.3, -0.25) is 0 Å². The predicted octanol–water partition coefficient (Wildman–Crippen LogP) is 3.88.